The van der Waals surface area contributed by atoms with Crippen molar-refractivity contribution in [3.05, 3.63) is 41.3 Å². The van der Waals surface area contributed by atoms with Crippen LogP contribution < -0.4 is 20.7 Å². The second-order valence-electron chi connectivity index (χ2n) is 7.42. The van der Waals surface area contributed by atoms with Crippen molar-refractivity contribution in [3.63, 3.8) is 0 Å². The number of amides is 3. The number of nitrogens with zero attached hydrogens (tertiary/aromatic N) is 2. The predicted octanol–water partition coefficient (Wildman–Crippen LogP) is 2.07. The van der Waals surface area contributed by atoms with E-state index < -0.39 is 12.0 Å². The van der Waals surface area contributed by atoms with Gasteiger partial charge >= 0.3 is 0 Å². The maximum Gasteiger partial charge on any atom is 0.265 e. The van der Waals surface area contributed by atoms with Crippen LogP contribution in [0.3, 0.4) is 0 Å². The highest BCUT2D eigenvalue weighted by Crippen LogP contribution is 2.33. The van der Waals surface area contributed by atoms with Crippen molar-refractivity contribution in [2.75, 3.05) is 36.4 Å². The third kappa shape index (κ3) is 4.25. The third-order valence-electron chi connectivity index (χ3n) is 5.32. The number of para-hydroxylation sites is 2. The molecule has 1 aromatic heterocycles. The molecule has 0 saturated carbocycles. The van der Waals surface area contributed by atoms with Crippen molar-refractivity contribution in [1.82, 2.24) is 4.90 Å². The van der Waals surface area contributed by atoms with E-state index in [1.807, 2.05) is 28.0 Å². The lowest BCUT2D eigenvalue weighted by Gasteiger charge is -2.38. The van der Waals surface area contributed by atoms with Crippen molar-refractivity contribution in [1.29, 1.82) is 0 Å². The minimum Gasteiger partial charge on any atom is -0.477 e. The van der Waals surface area contributed by atoms with Gasteiger partial charge in [-0.05, 0) is 42.8 Å². The molecule has 3 heterocycles. The van der Waals surface area contributed by atoms with Gasteiger partial charge in [-0.1, -0.05) is 12.1 Å². The second-order valence-corrected chi connectivity index (χ2v) is 8.33. The summed E-state index contributed by atoms with van der Waals surface area (Å²) in [6.07, 6.45) is 2.49. The molecule has 1 atom stereocenters. The molecule has 0 spiro atoms. The molecule has 1 aromatic carbocycles. The molecule has 30 heavy (non-hydrogen) atoms. The average Bonchev–Trinajstić information content (AvgIpc) is 3.22. The van der Waals surface area contributed by atoms with Crippen LogP contribution in [0.15, 0.2) is 35.7 Å². The predicted molar refractivity (Wildman–Crippen MR) is 115 cm³/mol. The number of hydrogen-bond acceptors (Lipinski definition) is 6. The van der Waals surface area contributed by atoms with Crippen LogP contribution in [0.1, 0.15) is 29.6 Å². The van der Waals surface area contributed by atoms with Gasteiger partial charge in [0.2, 0.25) is 5.91 Å². The summed E-state index contributed by atoms with van der Waals surface area (Å²) in [5.41, 5.74) is 6.40. The normalized spacial score (nSPS) is 18.3. The number of anilines is 2. The highest BCUT2D eigenvalue weighted by atomic mass is 32.1. The maximum absolute atomic E-state index is 13.0. The molecule has 3 amide bonds. The fourth-order valence-corrected chi connectivity index (χ4v) is 4.65. The summed E-state index contributed by atoms with van der Waals surface area (Å²) in [6.45, 7) is 1.80. The Balaban J connectivity index is 1.49. The van der Waals surface area contributed by atoms with Gasteiger partial charge in [0.15, 0.2) is 6.10 Å². The van der Waals surface area contributed by atoms with Gasteiger partial charge in [0.1, 0.15) is 10.8 Å². The molecular weight excluding hydrogens is 404 g/mol. The van der Waals surface area contributed by atoms with Gasteiger partial charge in [-0.2, -0.15) is 0 Å². The van der Waals surface area contributed by atoms with E-state index in [1.54, 1.807) is 17.5 Å². The summed E-state index contributed by atoms with van der Waals surface area (Å²) in [4.78, 5) is 40.9. The standard InChI is InChI=1S/C21H24N4O4S/c22-19(27)14-8-11-30-20(14)23-18(26)13-25-12-17(21(28)24-9-4-1-5-10-24)29-16-7-3-2-6-15(16)25/h2-3,6-8,11,17H,1,4-5,9-10,12-13H2,(H2,22,27)(H,23,26)/t17-/m1/s1. The summed E-state index contributed by atoms with van der Waals surface area (Å²) in [7, 11) is 0. The van der Waals surface area contributed by atoms with E-state index in [1.165, 1.54) is 11.3 Å². The zero-order valence-electron chi connectivity index (χ0n) is 16.5. The molecule has 0 aliphatic carbocycles. The van der Waals surface area contributed by atoms with Crippen molar-refractivity contribution < 1.29 is 19.1 Å². The molecule has 2 aliphatic heterocycles. The lowest BCUT2D eigenvalue weighted by molar-refractivity contribution is -0.139. The van der Waals surface area contributed by atoms with Crippen LogP contribution >= 0.6 is 11.3 Å². The summed E-state index contributed by atoms with van der Waals surface area (Å²) >= 11 is 1.24. The SMILES string of the molecule is NC(=O)c1ccsc1NC(=O)CN1C[C@H](C(=O)N2CCCCC2)Oc2ccccc21. The molecule has 8 nitrogen and oxygen atoms in total. The maximum atomic E-state index is 13.0. The van der Waals surface area contributed by atoms with Crippen molar-refractivity contribution in [2.45, 2.75) is 25.4 Å². The number of nitrogens with one attached hydrogen (secondary N) is 1. The number of piperidine rings is 1. The molecule has 1 saturated heterocycles. The Hall–Kier alpha value is -3.07. The summed E-state index contributed by atoms with van der Waals surface area (Å²) in [6, 6.07) is 8.96. The summed E-state index contributed by atoms with van der Waals surface area (Å²) < 4.78 is 5.99. The lowest BCUT2D eigenvalue weighted by Crippen LogP contribution is -2.52. The molecule has 9 heteroatoms. The number of fused-ring (bicyclic) bond motifs is 1. The monoisotopic (exact) mass is 428 g/mol. The van der Waals surface area contributed by atoms with Crippen LogP contribution in [0.4, 0.5) is 10.7 Å². The van der Waals surface area contributed by atoms with E-state index >= 15 is 0 Å². The minimum absolute atomic E-state index is 0.0280. The van der Waals surface area contributed by atoms with Crippen LogP contribution in [0.2, 0.25) is 0 Å². The number of primary amides is 1. The number of likely N-dealkylation sites (tertiary alicyclic amines) is 1. The fourth-order valence-electron chi connectivity index (χ4n) is 3.84. The zero-order valence-corrected chi connectivity index (χ0v) is 17.3. The Morgan fingerprint density at radius 3 is 2.67 bits per heavy atom. The molecule has 2 aromatic rings. The average molecular weight is 429 g/mol. The fraction of sp³-hybridized carbons (Fsp3) is 0.381. The first kappa shape index (κ1) is 20.2. The molecule has 4 rings (SSSR count). The number of hydrogen-bond donors (Lipinski definition) is 2. The van der Waals surface area contributed by atoms with E-state index in [2.05, 4.69) is 5.32 Å². The number of benzene rings is 1. The van der Waals surface area contributed by atoms with Gasteiger partial charge in [0, 0.05) is 13.1 Å². The highest BCUT2D eigenvalue weighted by molar-refractivity contribution is 7.14. The van der Waals surface area contributed by atoms with Crippen LogP contribution in [0, 0.1) is 0 Å². The first-order valence-corrected chi connectivity index (χ1v) is 10.9. The molecule has 3 N–H and O–H groups in total. The zero-order chi connectivity index (χ0) is 21.1. The topological polar surface area (TPSA) is 105 Å². The number of thiophene rings is 1. The molecule has 0 bridgehead atoms. The van der Waals surface area contributed by atoms with E-state index in [0.29, 0.717) is 10.8 Å². The quantitative estimate of drug-likeness (QED) is 0.759. The lowest BCUT2D eigenvalue weighted by atomic mass is 10.1. The van der Waals surface area contributed by atoms with E-state index in [0.717, 1.165) is 38.0 Å². The van der Waals surface area contributed by atoms with Gasteiger partial charge in [-0.15, -0.1) is 11.3 Å². The van der Waals surface area contributed by atoms with Crippen LogP contribution in [0.5, 0.6) is 5.75 Å². The smallest absolute Gasteiger partial charge is 0.265 e. The molecule has 0 unspecified atom stereocenters. The number of nitrogens with two attached hydrogens (primary N) is 1. The summed E-state index contributed by atoms with van der Waals surface area (Å²) in [5.74, 6) is -0.332. The van der Waals surface area contributed by atoms with Crippen LogP contribution in [0.25, 0.3) is 0 Å². The molecular formula is C21H24N4O4S. The van der Waals surface area contributed by atoms with Gasteiger partial charge < -0.3 is 25.6 Å². The number of carbonyl (C=O) groups excluding carboxylic acids is 3. The van der Waals surface area contributed by atoms with Crippen molar-refractivity contribution in [3.8, 4) is 5.75 Å². The minimum atomic E-state index is -0.659. The second kappa shape index (κ2) is 8.74. The molecule has 2 aliphatic rings. The van der Waals surface area contributed by atoms with E-state index in [4.69, 9.17) is 10.5 Å². The van der Waals surface area contributed by atoms with Gasteiger partial charge in [0.25, 0.3) is 11.8 Å². The van der Waals surface area contributed by atoms with Crippen molar-refractivity contribution in [2.24, 2.45) is 5.73 Å². The van der Waals surface area contributed by atoms with Gasteiger partial charge in [-0.25, -0.2) is 0 Å². The number of ether oxygens (including phenoxy) is 1. The first-order chi connectivity index (χ1) is 14.5. The largest absolute Gasteiger partial charge is 0.477 e. The van der Waals surface area contributed by atoms with Gasteiger partial charge in [-0.3, -0.25) is 14.4 Å². The van der Waals surface area contributed by atoms with Crippen LogP contribution in [-0.2, 0) is 9.59 Å². The van der Waals surface area contributed by atoms with E-state index in [9.17, 15) is 14.4 Å². The number of carbonyl (C=O) groups is 3. The van der Waals surface area contributed by atoms with Crippen molar-refractivity contribution >= 4 is 39.7 Å². The Bertz CT molecular complexity index is 954. The molecule has 0 radical (unpaired) electrons. The Kier molecular flexibility index (Phi) is 5.89. The summed E-state index contributed by atoms with van der Waals surface area (Å²) in [5, 5.41) is 4.89. The highest BCUT2D eigenvalue weighted by Gasteiger charge is 2.34. The number of rotatable bonds is 5. The van der Waals surface area contributed by atoms with Gasteiger partial charge in [0.05, 0.1) is 24.3 Å². The first-order valence-electron chi connectivity index (χ1n) is 9.99. The Labute approximate surface area is 178 Å². The molecule has 1 fully saturated rings. The Morgan fingerprint density at radius 2 is 1.90 bits per heavy atom. The Morgan fingerprint density at radius 1 is 1.13 bits per heavy atom. The van der Waals surface area contributed by atoms with Crippen LogP contribution in [-0.4, -0.2) is 54.9 Å². The van der Waals surface area contributed by atoms with E-state index in [-0.39, 0.29) is 30.5 Å². The molecule has 158 valence electrons. The third-order valence-corrected chi connectivity index (χ3v) is 6.15.